The molecule has 1 N–H and O–H groups in total. The lowest BCUT2D eigenvalue weighted by Gasteiger charge is -2.46. The van der Waals surface area contributed by atoms with E-state index in [1.807, 2.05) is 13.0 Å². The van der Waals surface area contributed by atoms with Crippen LogP contribution in [-0.2, 0) is 9.59 Å². The van der Waals surface area contributed by atoms with Crippen molar-refractivity contribution < 1.29 is 9.59 Å². The molecule has 2 rings (SSSR count). The Kier molecular flexibility index (Phi) is 3.21. The highest BCUT2D eigenvalue weighted by Crippen LogP contribution is 2.44. The SMILES string of the molecule is CNC(=O)C1(C)C=CC2(CCCCC2)N1C(C)=O. The number of carbonyl (C=O) groups is 2. The van der Waals surface area contributed by atoms with E-state index in [1.165, 1.54) is 6.42 Å². The van der Waals surface area contributed by atoms with Gasteiger partial charge in [-0.25, -0.2) is 0 Å². The number of nitrogens with one attached hydrogen (secondary N) is 1. The van der Waals surface area contributed by atoms with Crippen molar-refractivity contribution in [3.63, 3.8) is 0 Å². The van der Waals surface area contributed by atoms with Crippen molar-refractivity contribution in [1.29, 1.82) is 0 Å². The Balaban J connectivity index is 2.39. The highest BCUT2D eigenvalue weighted by Gasteiger charge is 2.53. The molecule has 0 aromatic heterocycles. The van der Waals surface area contributed by atoms with E-state index in [9.17, 15) is 9.59 Å². The molecule has 1 heterocycles. The number of likely N-dealkylation sites (N-methyl/N-ethyl adjacent to an activating group) is 1. The minimum atomic E-state index is -0.835. The van der Waals surface area contributed by atoms with Gasteiger partial charge in [-0.3, -0.25) is 9.59 Å². The standard InChI is InChI=1S/C14H22N2O2/c1-11(17)16-13(2,12(18)15-3)9-10-14(16)7-5-4-6-8-14/h9-10H,4-8H2,1-3H3,(H,15,18). The van der Waals surface area contributed by atoms with E-state index in [-0.39, 0.29) is 17.4 Å². The maximum absolute atomic E-state index is 12.1. The van der Waals surface area contributed by atoms with E-state index in [2.05, 4.69) is 11.4 Å². The molecule has 0 radical (unpaired) electrons. The summed E-state index contributed by atoms with van der Waals surface area (Å²) < 4.78 is 0. The maximum Gasteiger partial charge on any atom is 0.249 e. The average molecular weight is 250 g/mol. The molecule has 1 atom stereocenters. The molecule has 4 nitrogen and oxygen atoms in total. The zero-order valence-corrected chi connectivity index (χ0v) is 11.5. The van der Waals surface area contributed by atoms with Crippen LogP contribution in [0, 0.1) is 0 Å². The summed E-state index contributed by atoms with van der Waals surface area (Å²) in [6.45, 7) is 3.39. The molecular weight excluding hydrogens is 228 g/mol. The minimum Gasteiger partial charge on any atom is -0.357 e. The number of nitrogens with zero attached hydrogens (tertiary/aromatic N) is 1. The molecule has 1 aliphatic heterocycles. The monoisotopic (exact) mass is 250 g/mol. The van der Waals surface area contributed by atoms with Crippen LogP contribution in [-0.4, -0.2) is 34.8 Å². The maximum atomic E-state index is 12.1. The molecular formula is C14H22N2O2. The van der Waals surface area contributed by atoms with Crippen molar-refractivity contribution in [1.82, 2.24) is 10.2 Å². The van der Waals surface area contributed by atoms with Gasteiger partial charge < -0.3 is 10.2 Å². The Hall–Kier alpha value is -1.32. The fourth-order valence-electron chi connectivity index (χ4n) is 3.55. The van der Waals surface area contributed by atoms with E-state index in [0.717, 1.165) is 25.7 Å². The second-order valence-electron chi connectivity index (χ2n) is 5.58. The molecule has 2 amide bonds. The molecule has 0 aromatic rings. The van der Waals surface area contributed by atoms with Gasteiger partial charge in [0.05, 0.1) is 5.54 Å². The molecule has 1 fully saturated rings. The van der Waals surface area contributed by atoms with E-state index in [1.54, 1.807) is 18.9 Å². The molecule has 0 bridgehead atoms. The summed E-state index contributed by atoms with van der Waals surface area (Å²) >= 11 is 0. The van der Waals surface area contributed by atoms with Crippen LogP contribution in [0.3, 0.4) is 0 Å². The number of rotatable bonds is 1. The number of amides is 2. The van der Waals surface area contributed by atoms with Crippen molar-refractivity contribution in [2.75, 3.05) is 7.05 Å². The minimum absolute atomic E-state index is 0.0204. The third-order valence-corrected chi connectivity index (χ3v) is 4.35. The van der Waals surface area contributed by atoms with Crippen LogP contribution in [0.2, 0.25) is 0 Å². The molecule has 0 aromatic carbocycles. The van der Waals surface area contributed by atoms with Crippen LogP contribution in [0.25, 0.3) is 0 Å². The predicted molar refractivity (Wildman–Crippen MR) is 69.9 cm³/mol. The predicted octanol–water partition coefficient (Wildman–Crippen LogP) is 1.61. The van der Waals surface area contributed by atoms with Crippen LogP contribution < -0.4 is 5.32 Å². The van der Waals surface area contributed by atoms with E-state index in [0.29, 0.717) is 0 Å². The van der Waals surface area contributed by atoms with Gasteiger partial charge in [0, 0.05) is 14.0 Å². The largest absolute Gasteiger partial charge is 0.357 e. The Morgan fingerprint density at radius 3 is 2.28 bits per heavy atom. The number of carbonyl (C=O) groups excluding carboxylic acids is 2. The average Bonchev–Trinajstić information content (AvgIpc) is 2.64. The van der Waals surface area contributed by atoms with E-state index < -0.39 is 5.54 Å². The first kappa shape index (κ1) is 13.1. The first-order valence-corrected chi connectivity index (χ1v) is 6.70. The van der Waals surface area contributed by atoms with Gasteiger partial charge in [-0.2, -0.15) is 0 Å². The van der Waals surface area contributed by atoms with Gasteiger partial charge in [0.15, 0.2) is 0 Å². The Morgan fingerprint density at radius 1 is 1.17 bits per heavy atom. The van der Waals surface area contributed by atoms with Crippen LogP contribution in [0.5, 0.6) is 0 Å². The molecule has 100 valence electrons. The zero-order chi connectivity index (χ0) is 13.4. The lowest BCUT2D eigenvalue weighted by atomic mass is 9.81. The van der Waals surface area contributed by atoms with Gasteiger partial charge in [-0.15, -0.1) is 0 Å². The van der Waals surface area contributed by atoms with Gasteiger partial charge in [-0.05, 0) is 19.8 Å². The third kappa shape index (κ3) is 1.74. The fourth-order valence-corrected chi connectivity index (χ4v) is 3.55. The van der Waals surface area contributed by atoms with Crippen LogP contribution in [0.1, 0.15) is 46.0 Å². The van der Waals surface area contributed by atoms with E-state index >= 15 is 0 Å². The fraction of sp³-hybridized carbons (Fsp3) is 0.714. The van der Waals surface area contributed by atoms with Crippen molar-refractivity contribution in [3.05, 3.63) is 12.2 Å². The second-order valence-corrected chi connectivity index (χ2v) is 5.58. The van der Waals surface area contributed by atoms with Gasteiger partial charge >= 0.3 is 0 Å². The molecule has 4 heteroatoms. The third-order valence-electron chi connectivity index (χ3n) is 4.35. The van der Waals surface area contributed by atoms with E-state index in [4.69, 9.17) is 0 Å². The summed E-state index contributed by atoms with van der Waals surface area (Å²) in [7, 11) is 1.62. The topological polar surface area (TPSA) is 49.4 Å². The van der Waals surface area contributed by atoms with Gasteiger partial charge in [0.25, 0.3) is 0 Å². The van der Waals surface area contributed by atoms with Crippen LogP contribution in [0.4, 0.5) is 0 Å². The lowest BCUT2D eigenvalue weighted by Crippen LogP contribution is -2.61. The van der Waals surface area contributed by atoms with Crippen LogP contribution >= 0.6 is 0 Å². The normalized spacial score (nSPS) is 29.6. The first-order valence-electron chi connectivity index (χ1n) is 6.70. The molecule has 2 aliphatic rings. The second kappa shape index (κ2) is 4.41. The van der Waals surface area contributed by atoms with Gasteiger partial charge in [0.1, 0.15) is 5.54 Å². The summed E-state index contributed by atoms with van der Waals surface area (Å²) in [5.41, 5.74) is -1.07. The zero-order valence-electron chi connectivity index (χ0n) is 11.5. The molecule has 1 aliphatic carbocycles. The molecule has 0 saturated heterocycles. The summed E-state index contributed by atoms with van der Waals surface area (Å²) in [4.78, 5) is 26.0. The van der Waals surface area contributed by atoms with Crippen molar-refractivity contribution in [3.8, 4) is 0 Å². The molecule has 1 spiro atoms. The highest BCUT2D eigenvalue weighted by atomic mass is 16.2. The Morgan fingerprint density at radius 2 is 1.78 bits per heavy atom. The Labute approximate surface area is 108 Å². The highest BCUT2D eigenvalue weighted by molar-refractivity contribution is 5.94. The summed E-state index contributed by atoms with van der Waals surface area (Å²) in [5, 5.41) is 2.67. The lowest BCUT2D eigenvalue weighted by molar-refractivity contribution is -0.148. The Bertz CT molecular complexity index is 397. The molecule has 18 heavy (non-hydrogen) atoms. The number of hydrogen-bond acceptors (Lipinski definition) is 2. The van der Waals surface area contributed by atoms with Gasteiger partial charge in [0.2, 0.25) is 11.8 Å². The molecule has 1 unspecified atom stereocenters. The summed E-state index contributed by atoms with van der Waals surface area (Å²) in [5.74, 6) is -0.135. The van der Waals surface area contributed by atoms with Crippen molar-refractivity contribution >= 4 is 11.8 Å². The van der Waals surface area contributed by atoms with Crippen molar-refractivity contribution in [2.45, 2.75) is 57.0 Å². The first-order chi connectivity index (χ1) is 8.46. The summed E-state index contributed by atoms with van der Waals surface area (Å²) in [6, 6.07) is 0. The number of hydrogen-bond donors (Lipinski definition) is 1. The quantitative estimate of drug-likeness (QED) is 0.719. The summed E-state index contributed by atoms with van der Waals surface area (Å²) in [6.07, 6.45) is 9.39. The van der Waals surface area contributed by atoms with Gasteiger partial charge in [-0.1, -0.05) is 31.4 Å². The molecule has 1 saturated carbocycles. The van der Waals surface area contributed by atoms with Crippen molar-refractivity contribution in [2.24, 2.45) is 0 Å². The smallest absolute Gasteiger partial charge is 0.249 e. The van der Waals surface area contributed by atoms with Crippen LogP contribution in [0.15, 0.2) is 12.2 Å².